The Hall–Kier alpha value is -2.76. The van der Waals surface area contributed by atoms with E-state index in [0.29, 0.717) is 31.5 Å². The molecule has 1 aromatic heterocycles. The highest BCUT2D eigenvalue weighted by Crippen LogP contribution is 2.37. The molecule has 0 bridgehead atoms. The highest BCUT2D eigenvalue weighted by atomic mass is 35.5. The van der Waals surface area contributed by atoms with Crippen molar-refractivity contribution < 1.29 is 4.79 Å². The number of rotatable bonds is 5. The summed E-state index contributed by atoms with van der Waals surface area (Å²) in [4.78, 5) is 13.7. The second-order valence-electron chi connectivity index (χ2n) is 9.36. The fourth-order valence-corrected chi connectivity index (χ4v) is 5.50. The maximum absolute atomic E-state index is 13.7. The number of carbonyl (C=O) groups is 1. The van der Waals surface area contributed by atoms with E-state index in [1.807, 2.05) is 61.5 Å². The second-order valence-corrected chi connectivity index (χ2v) is 11.1. The molecule has 8 heteroatoms. The van der Waals surface area contributed by atoms with Gasteiger partial charge in [0.05, 0.1) is 22.4 Å². The molecule has 1 N–H and O–H groups in total. The lowest BCUT2D eigenvalue weighted by Crippen LogP contribution is -2.28. The summed E-state index contributed by atoms with van der Waals surface area (Å²) < 4.78 is 1.79. The summed E-state index contributed by atoms with van der Waals surface area (Å²) in [5.74, 6) is -0.236. The molecular formula is C30H25Cl4N3O. The van der Waals surface area contributed by atoms with Crippen LogP contribution in [-0.4, -0.2) is 15.7 Å². The Labute approximate surface area is 242 Å². The number of hydrogen-bond acceptors (Lipinski definition) is 2. The molecule has 4 nitrogen and oxygen atoms in total. The fourth-order valence-electron chi connectivity index (χ4n) is 4.76. The number of fused-ring (bicyclic) bond motifs is 1. The van der Waals surface area contributed by atoms with Crippen molar-refractivity contribution >= 4 is 64.0 Å². The number of aromatic nitrogens is 2. The van der Waals surface area contributed by atoms with Crippen LogP contribution in [0.25, 0.3) is 17.3 Å². The Bertz CT molecular complexity index is 1510. The Morgan fingerprint density at radius 1 is 0.895 bits per heavy atom. The van der Waals surface area contributed by atoms with E-state index >= 15 is 0 Å². The number of halogens is 4. The Morgan fingerprint density at radius 3 is 2.21 bits per heavy atom. The minimum atomic E-state index is -0.236. The Kier molecular flexibility index (Phi) is 8.15. The van der Waals surface area contributed by atoms with Crippen molar-refractivity contribution in [2.24, 2.45) is 0 Å². The van der Waals surface area contributed by atoms with Gasteiger partial charge in [-0.3, -0.25) is 4.79 Å². The molecule has 1 aliphatic rings. The molecule has 0 radical (unpaired) electrons. The third-order valence-corrected chi connectivity index (χ3v) is 7.73. The van der Waals surface area contributed by atoms with Gasteiger partial charge < -0.3 is 5.32 Å². The van der Waals surface area contributed by atoms with Gasteiger partial charge in [0.15, 0.2) is 5.69 Å². The van der Waals surface area contributed by atoms with Crippen LogP contribution in [0.2, 0.25) is 20.1 Å². The number of hydrogen-bond donors (Lipinski definition) is 1. The maximum atomic E-state index is 13.7. The van der Waals surface area contributed by atoms with Crippen LogP contribution in [0.15, 0.2) is 66.7 Å². The van der Waals surface area contributed by atoms with Gasteiger partial charge in [-0.1, -0.05) is 70.7 Å². The predicted octanol–water partition coefficient (Wildman–Crippen LogP) is 9.24. The molecule has 194 valence electrons. The van der Waals surface area contributed by atoms with E-state index in [0.717, 1.165) is 53.6 Å². The molecule has 3 aromatic carbocycles. The van der Waals surface area contributed by atoms with Gasteiger partial charge >= 0.3 is 0 Å². The van der Waals surface area contributed by atoms with Gasteiger partial charge in [0, 0.05) is 20.6 Å². The van der Waals surface area contributed by atoms with Crippen LogP contribution in [0.5, 0.6) is 0 Å². The maximum Gasteiger partial charge on any atom is 0.272 e. The van der Waals surface area contributed by atoms with Crippen LogP contribution in [-0.2, 0) is 6.42 Å². The highest BCUT2D eigenvalue weighted by molar-refractivity contribution is 6.35. The van der Waals surface area contributed by atoms with E-state index in [-0.39, 0.29) is 11.9 Å². The van der Waals surface area contributed by atoms with Crippen molar-refractivity contribution in [1.29, 1.82) is 0 Å². The topological polar surface area (TPSA) is 46.9 Å². The smallest absolute Gasteiger partial charge is 0.272 e. The van der Waals surface area contributed by atoms with Crippen molar-refractivity contribution in [2.45, 2.75) is 38.6 Å². The first-order chi connectivity index (χ1) is 18.3. The van der Waals surface area contributed by atoms with E-state index in [1.165, 1.54) is 0 Å². The Balaban J connectivity index is 1.62. The molecular weight excluding hydrogens is 560 g/mol. The van der Waals surface area contributed by atoms with Crippen LogP contribution in [0.1, 0.15) is 65.1 Å². The van der Waals surface area contributed by atoms with Gasteiger partial charge in [-0.15, -0.1) is 0 Å². The number of carbonyl (C=O) groups excluding carboxylic acids is 1. The zero-order valence-corrected chi connectivity index (χ0v) is 23.7. The van der Waals surface area contributed by atoms with E-state index in [1.54, 1.807) is 16.8 Å². The number of nitrogens with one attached hydrogen (secondary N) is 1. The third kappa shape index (κ3) is 5.79. The monoisotopic (exact) mass is 583 g/mol. The lowest BCUT2D eigenvalue weighted by atomic mass is 10.0. The number of nitrogens with zero attached hydrogens (tertiary/aromatic N) is 2. The number of benzene rings is 3. The molecule has 0 saturated carbocycles. The van der Waals surface area contributed by atoms with Crippen LogP contribution < -0.4 is 5.32 Å². The first-order valence-corrected chi connectivity index (χ1v) is 13.9. The molecule has 4 aromatic rings. The van der Waals surface area contributed by atoms with E-state index in [9.17, 15) is 4.79 Å². The fraction of sp³-hybridized carbons (Fsp3) is 0.200. The first kappa shape index (κ1) is 26.8. The van der Waals surface area contributed by atoms with E-state index in [2.05, 4.69) is 11.4 Å². The normalized spacial score (nSPS) is 15.1. The molecule has 1 aliphatic carbocycles. The third-order valence-electron chi connectivity index (χ3n) is 6.69. The van der Waals surface area contributed by atoms with Crippen molar-refractivity contribution in [2.75, 3.05) is 0 Å². The van der Waals surface area contributed by atoms with Crippen molar-refractivity contribution in [3.8, 4) is 5.69 Å². The van der Waals surface area contributed by atoms with E-state index < -0.39 is 0 Å². The average Bonchev–Trinajstić information content (AvgIpc) is 3.14. The summed E-state index contributed by atoms with van der Waals surface area (Å²) in [6.07, 6.45) is 5.65. The molecule has 1 amide bonds. The molecule has 1 heterocycles. The second kappa shape index (κ2) is 11.5. The van der Waals surface area contributed by atoms with Crippen molar-refractivity contribution in [1.82, 2.24) is 15.1 Å². The molecule has 5 rings (SSSR count). The largest absolute Gasteiger partial charge is 0.344 e. The lowest BCUT2D eigenvalue weighted by molar-refractivity contribution is 0.0933. The van der Waals surface area contributed by atoms with E-state index in [4.69, 9.17) is 51.5 Å². The molecule has 1 atom stereocenters. The van der Waals surface area contributed by atoms with Gasteiger partial charge in [-0.2, -0.15) is 5.10 Å². The zero-order chi connectivity index (χ0) is 26.8. The van der Waals surface area contributed by atoms with Gasteiger partial charge in [-0.05, 0) is 97.8 Å². The molecule has 0 spiro atoms. The first-order valence-electron chi connectivity index (χ1n) is 12.4. The Morgan fingerprint density at radius 2 is 1.53 bits per heavy atom. The van der Waals surface area contributed by atoms with Crippen LogP contribution >= 0.6 is 46.4 Å². The summed E-state index contributed by atoms with van der Waals surface area (Å²) in [6.45, 7) is 1.94. The predicted molar refractivity (Wildman–Crippen MR) is 158 cm³/mol. The summed E-state index contributed by atoms with van der Waals surface area (Å²) in [5, 5.41) is 10.3. The summed E-state index contributed by atoms with van der Waals surface area (Å²) in [7, 11) is 0. The number of amides is 1. The van der Waals surface area contributed by atoms with Gasteiger partial charge in [0.1, 0.15) is 0 Å². The van der Waals surface area contributed by atoms with Crippen molar-refractivity contribution in [3.05, 3.63) is 115 Å². The minimum Gasteiger partial charge on any atom is -0.344 e. The molecule has 1 unspecified atom stereocenters. The van der Waals surface area contributed by atoms with Crippen LogP contribution in [0.3, 0.4) is 0 Å². The lowest BCUT2D eigenvalue weighted by Gasteiger charge is -2.14. The standard InChI is InChI=1S/C30H25Cl4N3O/c1-18(20-8-12-23(32)13-9-20)35-30(38)28-25-5-3-2-4-21(16-19-6-10-22(31)11-7-19)29(25)37(36-28)27-15-14-24(33)17-26(27)34/h6-18H,2-5H2,1H3,(H,35,38). The number of allylic oxidation sites excluding steroid dienone is 1. The van der Waals surface area contributed by atoms with Gasteiger partial charge in [0.2, 0.25) is 0 Å². The van der Waals surface area contributed by atoms with Gasteiger partial charge in [0.25, 0.3) is 5.91 Å². The molecule has 0 fully saturated rings. The van der Waals surface area contributed by atoms with Crippen LogP contribution in [0, 0.1) is 0 Å². The van der Waals surface area contributed by atoms with Crippen LogP contribution in [0.4, 0.5) is 0 Å². The van der Waals surface area contributed by atoms with Crippen molar-refractivity contribution in [3.63, 3.8) is 0 Å². The molecule has 0 aliphatic heterocycles. The summed E-state index contributed by atoms with van der Waals surface area (Å²) >= 11 is 25.0. The zero-order valence-electron chi connectivity index (χ0n) is 20.6. The molecule has 0 saturated heterocycles. The highest BCUT2D eigenvalue weighted by Gasteiger charge is 2.28. The van der Waals surface area contributed by atoms with Gasteiger partial charge in [-0.25, -0.2) is 4.68 Å². The minimum absolute atomic E-state index is 0.227. The SMILES string of the molecule is CC(NC(=O)c1nn(-c2ccc(Cl)cc2Cl)c2c1CCCCC2=Cc1ccc(Cl)cc1)c1ccc(Cl)cc1. The summed E-state index contributed by atoms with van der Waals surface area (Å²) in [6, 6.07) is 20.2. The quantitative estimate of drug-likeness (QED) is 0.238. The molecule has 38 heavy (non-hydrogen) atoms. The average molecular weight is 585 g/mol. The summed E-state index contributed by atoms with van der Waals surface area (Å²) in [5.41, 5.74) is 5.94.